The van der Waals surface area contributed by atoms with Crippen molar-refractivity contribution in [1.29, 1.82) is 0 Å². The monoisotopic (exact) mass is 312 g/mol. The van der Waals surface area contributed by atoms with E-state index in [0.717, 1.165) is 43.2 Å². The van der Waals surface area contributed by atoms with Gasteiger partial charge in [0.15, 0.2) is 0 Å². The first kappa shape index (κ1) is 14.6. The molecule has 0 aliphatic heterocycles. The summed E-state index contributed by atoms with van der Waals surface area (Å²) >= 11 is 1.13. The Balaban J connectivity index is 1.76. The van der Waals surface area contributed by atoms with Gasteiger partial charge >= 0.3 is 0 Å². The molecule has 0 unspecified atom stereocenters. The van der Waals surface area contributed by atoms with Crippen molar-refractivity contribution in [1.82, 2.24) is 10.0 Å². The summed E-state index contributed by atoms with van der Waals surface area (Å²) in [6, 6.07) is 2.76. The minimum atomic E-state index is -0.660. The molecule has 0 aromatic heterocycles. The molecule has 7 heteroatoms. The molecule has 5 nitrogen and oxygen atoms in total. The number of hydrogen-bond acceptors (Lipinski definition) is 5. The predicted molar refractivity (Wildman–Crippen MR) is 76.6 cm³/mol. The summed E-state index contributed by atoms with van der Waals surface area (Å²) in [5.41, 5.74) is 3.04. The molecule has 3 rings (SSSR count). The fourth-order valence-electron chi connectivity index (χ4n) is 2.12. The maximum absolute atomic E-state index is 14.0. The van der Waals surface area contributed by atoms with E-state index in [1.165, 1.54) is 19.2 Å². The Morgan fingerprint density at radius 1 is 1.43 bits per heavy atom. The summed E-state index contributed by atoms with van der Waals surface area (Å²) in [5, 5.41) is 9.92. The number of carbonyl (C=O) groups excluding carboxylic acids is 1. The number of ether oxygens (including phenoxy) is 1. The van der Waals surface area contributed by atoms with Crippen molar-refractivity contribution in [2.75, 3.05) is 7.11 Å². The van der Waals surface area contributed by atoms with Crippen LogP contribution in [0.5, 0.6) is 5.75 Å². The molecule has 0 bridgehead atoms. The molecule has 2 N–H and O–H groups in total. The van der Waals surface area contributed by atoms with Crippen molar-refractivity contribution < 1.29 is 19.1 Å². The Kier molecular flexibility index (Phi) is 4.05. The van der Waals surface area contributed by atoms with Gasteiger partial charge in [-0.25, -0.2) is 4.39 Å². The van der Waals surface area contributed by atoms with Crippen LogP contribution in [0.1, 0.15) is 47.5 Å². The molecule has 0 atom stereocenters. The highest BCUT2D eigenvalue weighted by atomic mass is 32.2. The molecule has 0 radical (unpaired) electrons. The number of rotatable bonds is 6. The number of benzene rings is 1. The van der Waals surface area contributed by atoms with Gasteiger partial charge in [-0.3, -0.25) is 15.4 Å². The molecule has 21 heavy (non-hydrogen) atoms. The van der Waals surface area contributed by atoms with E-state index in [2.05, 4.69) is 5.43 Å². The number of hydrogen-bond donors (Lipinski definition) is 2. The van der Waals surface area contributed by atoms with Crippen LogP contribution in [0.15, 0.2) is 12.1 Å². The number of methoxy groups -OCH3 is 1. The fraction of sp³-hybridized carbons (Fsp3) is 0.500. The van der Waals surface area contributed by atoms with E-state index < -0.39 is 11.7 Å². The second-order valence-electron chi connectivity index (χ2n) is 5.37. The van der Waals surface area contributed by atoms with Crippen LogP contribution in [0.2, 0.25) is 0 Å². The Morgan fingerprint density at radius 3 is 2.71 bits per heavy atom. The van der Waals surface area contributed by atoms with E-state index in [4.69, 9.17) is 4.74 Å². The van der Waals surface area contributed by atoms with E-state index >= 15 is 0 Å². The summed E-state index contributed by atoms with van der Waals surface area (Å²) in [6.45, 7) is 0. The van der Waals surface area contributed by atoms with Crippen molar-refractivity contribution in [3.8, 4) is 5.75 Å². The zero-order chi connectivity index (χ0) is 15.0. The van der Waals surface area contributed by atoms with E-state index in [1.54, 1.807) is 0 Å². The van der Waals surface area contributed by atoms with Crippen LogP contribution in [0, 0.1) is 5.82 Å². The number of nitrogens with zero attached hydrogens (tertiary/aromatic N) is 1. The molecule has 1 amide bonds. The molecular weight excluding hydrogens is 295 g/mol. The van der Waals surface area contributed by atoms with Gasteiger partial charge in [0.1, 0.15) is 11.6 Å². The van der Waals surface area contributed by atoms with E-state index in [0.29, 0.717) is 21.5 Å². The van der Waals surface area contributed by atoms with Crippen LogP contribution in [0.3, 0.4) is 0 Å². The average Bonchev–Trinajstić information content (AvgIpc) is 3.31. The van der Waals surface area contributed by atoms with Crippen LogP contribution in [0.25, 0.3) is 0 Å². The third-order valence-electron chi connectivity index (χ3n) is 3.55. The zero-order valence-electron chi connectivity index (χ0n) is 11.6. The maximum Gasteiger partial charge on any atom is 0.271 e. The highest BCUT2D eigenvalue weighted by Crippen LogP contribution is 2.45. The Labute approximate surface area is 126 Å². The van der Waals surface area contributed by atoms with Crippen LogP contribution < -0.4 is 10.2 Å². The zero-order valence-corrected chi connectivity index (χ0v) is 12.5. The van der Waals surface area contributed by atoms with Crippen molar-refractivity contribution in [2.45, 2.75) is 36.9 Å². The average molecular weight is 312 g/mol. The van der Waals surface area contributed by atoms with E-state index in [9.17, 15) is 14.4 Å². The van der Waals surface area contributed by atoms with Gasteiger partial charge in [0, 0.05) is 11.3 Å². The van der Waals surface area contributed by atoms with Gasteiger partial charge in [0.05, 0.1) is 12.7 Å². The SMILES string of the molecule is COc1cc(F)c(C(=O)NN(O)SC2CC2)cc1C1CC1. The summed E-state index contributed by atoms with van der Waals surface area (Å²) in [4.78, 5) is 12.1. The summed E-state index contributed by atoms with van der Waals surface area (Å²) < 4.78 is 19.9. The normalized spacial score (nSPS) is 17.9. The Morgan fingerprint density at radius 2 is 2.14 bits per heavy atom. The van der Waals surface area contributed by atoms with Gasteiger partial charge in [-0.2, -0.15) is 0 Å². The van der Waals surface area contributed by atoms with Gasteiger partial charge < -0.3 is 4.74 Å². The lowest BCUT2D eigenvalue weighted by Crippen LogP contribution is -2.36. The van der Waals surface area contributed by atoms with Crippen molar-refractivity contribution in [3.05, 3.63) is 29.1 Å². The number of carbonyl (C=O) groups is 1. The highest BCUT2D eigenvalue weighted by Gasteiger charge is 2.30. The molecule has 114 valence electrons. The van der Waals surface area contributed by atoms with E-state index in [-0.39, 0.29) is 5.56 Å². The number of amides is 1. The Bertz CT molecular complexity index is 561. The van der Waals surface area contributed by atoms with Crippen molar-refractivity contribution >= 4 is 17.9 Å². The topological polar surface area (TPSA) is 61.8 Å². The third kappa shape index (κ3) is 3.48. The summed E-state index contributed by atoms with van der Waals surface area (Å²) in [5.74, 6) is -0.510. The molecule has 0 heterocycles. The molecule has 2 aliphatic rings. The molecule has 0 spiro atoms. The largest absolute Gasteiger partial charge is 0.496 e. The maximum atomic E-state index is 14.0. The Hall–Kier alpha value is -1.31. The second kappa shape index (κ2) is 5.82. The first-order valence-electron chi connectivity index (χ1n) is 6.92. The lowest BCUT2D eigenvalue weighted by atomic mass is 10.0. The quantitative estimate of drug-likeness (QED) is 0.625. The number of nitrogens with one attached hydrogen (secondary N) is 1. The van der Waals surface area contributed by atoms with Crippen LogP contribution in [-0.2, 0) is 0 Å². The van der Waals surface area contributed by atoms with Gasteiger partial charge in [0.25, 0.3) is 5.91 Å². The molecule has 1 aromatic rings. The van der Waals surface area contributed by atoms with Gasteiger partial charge in [-0.1, -0.05) is 0 Å². The fourth-order valence-corrected chi connectivity index (χ4v) is 2.89. The van der Waals surface area contributed by atoms with Gasteiger partial charge in [-0.05, 0) is 59.8 Å². The van der Waals surface area contributed by atoms with Crippen LogP contribution >= 0.6 is 11.9 Å². The smallest absolute Gasteiger partial charge is 0.271 e. The molecular formula is C14H17FN2O3S. The lowest BCUT2D eigenvalue weighted by Gasteiger charge is -2.15. The first-order valence-corrected chi connectivity index (χ1v) is 7.76. The van der Waals surface area contributed by atoms with Crippen molar-refractivity contribution in [2.24, 2.45) is 0 Å². The van der Waals surface area contributed by atoms with Gasteiger partial charge in [0.2, 0.25) is 0 Å². The minimum Gasteiger partial charge on any atom is -0.496 e. The molecule has 0 saturated heterocycles. The van der Waals surface area contributed by atoms with Crippen LogP contribution in [0.4, 0.5) is 4.39 Å². The summed E-state index contributed by atoms with van der Waals surface area (Å²) in [7, 11) is 1.49. The van der Waals surface area contributed by atoms with Crippen molar-refractivity contribution in [3.63, 3.8) is 0 Å². The predicted octanol–water partition coefficient (Wildman–Crippen LogP) is 2.86. The van der Waals surface area contributed by atoms with Gasteiger partial charge in [-0.15, -0.1) is 0 Å². The lowest BCUT2D eigenvalue weighted by molar-refractivity contribution is -0.0248. The number of halogens is 1. The van der Waals surface area contributed by atoms with Crippen LogP contribution in [-0.4, -0.2) is 28.1 Å². The number of hydrazine groups is 1. The third-order valence-corrected chi connectivity index (χ3v) is 4.61. The second-order valence-corrected chi connectivity index (χ2v) is 6.59. The van der Waals surface area contributed by atoms with E-state index in [1.807, 2.05) is 0 Å². The highest BCUT2D eigenvalue weighted by molar-refractivity contribution is 7.97. The molecule has 2 saturated carbocycles. The molecule has 2 aliphatic carbocycles. The summed E-state index contributed by atoms with van der Waals surface area (Å²) in [6.07, 6.45) is 4.07. The first-order chi connectivity index (χ1) is 10.1. The molecule has 2 fully saturated rings. The molecule has 1 aromatic carbocycles. The standard InChI is InChI=1S/C14H17FN2O3S/c1-20-13-7-12(15)11(6-10(13)8-2-3-8)14(18)16-17(19)21-9-4-5-9/h6-9,19H,2-5H2,1H3,(H,16,18). The minimum absolute atomic E-state index is 0.0758.